The molecule has 0 aromatic carbocycles. The highest BCUT2D eigenvalue weighted by Gasteiger charge is 2.46. The predicted octanol–water partition coefficient (Wildman–Crippen LogP) is 6.17. The maximum Gasteiger partial charge on any atom is 0.201 e. The van der Waals surface area contributed by atoms with Gasteiger partial charge in [-0.05, 0) is 35.9 Å². The molecule has 0 rings (SSSR count). The van der Waals surface area contributed by atoms with Crippen LogP contribution in [0.2, 0.25) is 16.6 Å². The fourth-order valence-corrected chi connectivity index (χ4v) is 9.26. The van der Waals surface area contributed by atoms with Crippen LogP contribution >= 0.6 is 0 Å². The van der Waals surface area contributed by atoms with Crippen molar-refractivity contribution in [3.63, 3.8) is 0 Å². The predicted molar refractivity (Wildman–Crippen MR) is 98.0 cm³/mol. The van der Waals surface area contributed by atoms with E-state index in [0.717, 1.165) is 18.4 Å². The molecular formula is C19H36OSi. The largest absolute Gasteiger partial charge is 0.409 e. The minimum atomic E-state index is -1.86. The monoisotopic (exact) mass is 308 g/mol. The molecule has 0 spiro atoms. The van der Waals surface area contributed by atoms with E-state index < -0.39 is 8.32 Å². The van der Waals surface area contributed by atoms with Crippen molar-refractivity contribution in [3.05, 3.63) is 12.2 Å². The maximum atomic E-state index is 6.87. The Kier molecular flexibility index (Phi) is 8.59. The zero-order valence-electron chi connectivity index (χ0n) is 15.5. The second kappa shape index (κ2) is 8.81. The van der Waals surface area contributed by atoms with E-state index in [-0.39, 0.29) is 6.10 Å². The molecule has 0 aromatic rings. The third-order valence-corrected chi connectivity index (χ3v) is 10.8. The highest BCUT2D eigenvalue weighted by atomic mass is 28.4. The van der Waals surface area contributed by atoms with E-state index >= 15 is 0 Å². The molecule has 0 bridgehead atoms. The molecule has 0 unspecified atom stereocenters. The standard InChI is InChI=1S/C19H36OSi/c1-11-12-18(10)13-19(14(2)3)20-21(15(4)5,16(6)7)17(8)9/h1,15-19H,2,12-13H2,3-10H3/t18-,19+/m1/s1. The number of rotatable bonds is 9. The van der Waals surface area contributed by atoms with E-state index in [9.17, 15) is 0 Å². The maximum absolute atomic E-state index is 6.87. The quantitative estimate of drug-likeness (QED) is 0.281. The summed E-state index contributed by atoms with van der Waals surface area (Å²) in [6, 6.07) is 0. The molecular weight excluding hydrogens is 272 g/mol. The average Bonchev–Trinajstić information content (AvgIpc) is 2.32. The van der Waals surface area contributed by atoms with Gasteiger partial charge in [-0.25, -0.2) is 0 Å². The van der Waals surface area contributed by atoms with Crippen LogP contribution in [0.1, 0.15) is 68.2 Å². The minimum absolute atomic E-state index is 0.146. The number of terminal acetylenes is 1. The summed E-state index contributed by atoms with van der Waals surface area (Å²) >= 11 is 0. The van der Waals surface area contributed by atoms with Crippen LogP contribution in [0, 0.1) is 18.3 Å². The lowest BCUT2D eigenvalue weighted by molar-refractivity contribution is 0.178. The van der Waals surface area contributed by atoms with E-state index in [2.05, 4.69) is 67.9 Å². The summed E-state index contributed by atoms with van der Waals surface area (Å²) in [5.74, 6) is 3.25. The fraction of sp³-hybridized carbons (Fsp3) is 0.789. The van der Waals surface area contributed by atoms with Crippen molar-refractivity contribution < 1.29 is 4.43 Å². The van der Waals surface area contributed by atoms with Gasteiger partial charge in [-0.15, -0.1) is 12.3 Å². The van der Waals surface area contributed by atoms with Crippen LogP contribution in [-0.4, -0.2) is 14.4 Å². The first-order chi connectivity index (χ1) is 9.59. The molecule has 0 aromatic heterocycles. The molecule has 2 heteroatoms. The van der Waals surface area contributed by atoms with Crippen LogP contribution in [0.4, 0.5) is 0 Å². The fourth-order valence-electron chi connectivity index (χ4n) is 3.65. The molecule has 1 nitrogen and oxygen atoms in total. The SMILES string of the molecule is C#CC[C@@H](C)C[C@H](O[Si](C(C)C)(C(C)C)C(C)C)C(=C)C. The van der Waals surface area contributed by atoms with Crippen molar-refractivity contribution in [1.29, 1.82) is 0 Å². The van der Waals surface area contributed by atoms with E-state index in [1.165, 1.54) is 0 Å². The van der Waals surface area contributed by atoms with Crippen molar-refractivity contribution in [2.75, 3.05) is 0 Å². The molecule has 21 heavy (non-hydrogen) atoms. The minimum Gasteiger partial charge on any atom is -0.409 e. The molecule has 0 aliphatic carbocycles. The van der Waals surface area contributed by atoms with Gasteiger partial charge in [-0.2, -0.15) is 0 Å². The Morgan fingerprint density at radius 2 is 1.48 bits per heavy atom. The first kappa shape index (κ1) is 20.5. The second-order valence-electron chi connectivity index (χ2n) is 7.52. The van der Waals surface area contributed by atoms with Gasteiger partial charge >= 0.3 is 0 Å². The molecule has 122 valence electrons. The van der Waals surface area contributed by atoms with Gasteiger partial charge in [0, 0.05) is 6.42 Å². The van der Waals surface area contributed by atoms with Gasteiger partial charge < -0.3 is 4.43 Å². The molecule has 0 saturated heterocycles. The van der Waals surface area contributed by atoms with Crippen LogP contribution < -0.4 is 0 Å². The lowest BCUT2D eigenvalue weighted by atomic mass is 9.97. The molecule has 0 saturated carbocycles. The summed E-state index contributed by atoms with van der Waals surface area (Å²) in [5, 5.41) is 0. The van der Waals surface area contributed by atoms with Crippen molar-refractivity contribution in [2.45, 2.75) is 91.0 Å². The van der Waals surface area contributed by atoms with Gasteiger partial charge in [0.1, 0.15) is 0 Å². The third kappa shape index (κ3) is 5.31. The molecule has 0 fully saturated rings. The molecule has 0 aliphatic heterocycles. The Bertz CT molecular complexity index is 340. The Morgan fingerprint density at radius 1 is 1.05 bits per heavy atom. The lowest BCUT2D eigenvalue weighted by Gasteiger charge is -2.45. The van der Waals surface area contributed by atoms with Crippen molar-refractivity contribution in [1.82, 2.24) is 0 Å². The molecule has 0 aliphatic rings. The van der Waals surface area contributed by atoms with E-state index in [1.54, 1.807) is 0 Å². The Hall–Kier alpha value is -0.523. The summed E-state index contributed by atoms with van der Waals surface area (Å²) in [6.07, 6.45) is 7.39. The normalized spacial score (nSPS) is 15.3. The summed E-state index contributed by atoms with van der Waals surface area (Å²) < 4.78 is 6.87. The average molecular weight is 309 g/mol. The first-order valence-corrected chi connectivity index (χ1v) is 10.5. The number of hydrogen-bond donors (Lipinski definition) is 0. The molecule has 0 amide bonds. The van der Waals surface area contributed by atoms with Gasteiger partial charge in [0.2, 0.25) is 8.32 Å². The van der Waals surface area contributed by atoms with Crippen LogP contribution in [-0.2, 0) is 4.43 Å². The Labute approximate surface area is 134 Å². The smallest absolute Gasteiger partial charge is 0.201 e. The van der Waals surface area contributed by atoms with Gasteiger partial charge in [-0.3, -0.25) is 0 Å². The van der Waals surface area contributed by atoms with Gasteiger partial charge in [-0.1, -0.05) is 60.6 Å². The highest BCUT2D eigenvalue weighted by molar-refractivity contribution is 6.77. The second-order valence-corrected chi connectivity index (χ2v) is 12.9. The van der Waals surface area contributed by atoms with Gasteiger partial charge in [0.25, 0.3) is 0 Å². The summed E-state index contributed by atoms with van der Waals surface area (Å²) in [5.41, 5.74) is 2.93. The Balaban J connectivity index is 5.34. The molecule has 0 radical (unpaired) electrons. The zero-order chi connectivity index (χ0) is 16.8. The van der Waals surface area contributed by atoms with Crippen molar-refractivity contribution in [2.24, 2.45) is 5.92 Å². The van der Waals surface area contributed by atoms with Gasteiger partial charge in [0.05, 0.1) is 6.10 Å². The lowest BCUT2D eigenvalue weighted by Crippen LogP contribution is -2.50. The Morgan fingerprint density at radius 3 is 1.76 bits per heavy atom. The summed E-state index contributed by atoms with van der Waals surface area (Å²) in [6.45, 7) is 22.4. The topological polar surface area (TPSA) is 9.23 Å². The first-order valence-electron chi connectivity index (χ1n) is 8.36. The van der Waals surface area contributed by atoms with Crippen molar-refractivity contribution >= 4 is 8.32 Å². The van der Waals surface area contributed by atoms with Crippen LogP contribution in [0.15, 0.2) is 12.2 Å². The highest BCUT2D eigenvalue weighted by Crippen LogP contribution is 2.44. The van der Waals surface area contributed by atoms with Crippen molar-refractivity contribution in [3.8, 4) is 12.3 Å². The molecule has 0 N–H and O–H groups in total. The van der Waals surface area contributed by atoms with E-state index in [4.69, 9.17) is 10.8 Å². The summed E-state index contributed by atoms with van der Waals surface area (Å²) in [7, 11) is -1.86. The third-order valence-electron chi connectivity index (χ3n) is 4.69. The molecule has 0 heterocycles. The van der Waals surface area contributed by atoms with Crippen LogP contribution in [0.25, 0.3) is 0 Å². The summed E-state index contributed by atoms with van der Waals surface area (Å²) in [4.78, 5) is 0. The van der Waals surface area contributed by atoms with Gasteiger partial charge in [0.15, 0.2) is 0 Å². The van der Waals surface area contributed by atoms with Crippen LogP contribution in [0.3, 0.4) is 0 Å². The molecule has 2 atom stereocenters. The van der Waals surface area contributed by atoms with E-state index in [1.807, 2.05) is 0 Å². The zero-order valence-corrected chi connectivity index (χ0v) is 16.5. The van der Waals surface area contributed by atoms with Crippen LogP contribution in [0.5, 0.6) is 0 Å². The van der Waals surface area contributed by atoms with E-state index in [0.29, 0.717) is 22.5 Å². The number of hydrogen-bond acceptors (Lipinski definition) is 1.